The summed E-state index contributed by atoms with van der Waals surface area (Å²) in [7, 11) is 0. The predicted molar refractivity (Wildman–Crippen MR) is 138 cm³/mol. The molecular weight excluding hydrogens is 471 g/mol. The Kier molecular flexibility index (Phi) is 8.06. The maximum atomic E-state index is 13.3. The Hall–Kier alpha value is -3.36. The van der Waals surface area contributed by atoms with E-state index in [0.29, 0.717) is 50.0 Å². The van der Waals surface area contributed by atoms with Gasteiger partial charge in [-0.15, -0.1) is 0 Å². The zero-order chi connectivity index (χ0) is 25.6. The van der Waals surface area contributed by atoms with Crippen LogP contribution in [0.1, 0.15) is 53.9 Å². The highest BCUT2D eigenvalue weighted by atomic mass is 19.1. The third kappa shape index (κ3) is 6.50. The van der Waals surface area contributed by atoms with E-state index in [4.69, 9.17) is 4.74 Å². The van der Waals surface area contributed by atoms with Gasteiger partial charge in [0.25, 0.3) is 5.91 Å². The highest BCUT2D eigenvalue weighted by Gasteiger charge is 2.37. The Bertz CT molecular complexity index is 1170. The number of benzene rings is 2. The van der Waals surface area contributed by atoms with Crippen LogP contribution in [-0.4, -0.2) is 53.1 Å². The van der Waals surface area contributed by atoms with E-state index in [1.54, 1.807) is 24.7 Å². The van der Waals surface area contributed by atoms with Gasteiger partial charge in [0, 0.05) is 54.7 Å². The Morgan fingerprint density at radius 3 is 2.54 bits per heavy atom. The van der Waals surface area contributed by atoms with E-state index < -0.39 is 6.04 Å². The first-order valence-electron chi connectivity index (χ1n) is 13.1. The Morgan fingerprint density at radius 1 is 1.08 bits per heavy atom. The molecule has 1 aliphatic carbocycles. The number of carbonyl (C=O) groups is 2. The van der Waals surface area contributed by atoms with Gasteiger partial charge in [0.15, 0.2) is 5.78 Å². The molecule has 7 nitrogen and oxygen atoms in total. The molecule has 1 aliphatic heterocycles. The number of nitrogens with zero attached hydrogens (tertiary/aromatic N) is 2. The molecule has 2 fully saturated rings. The molecule has 8 heteroatoms. The number of ether oxygens (including phenoxy) is 1. The Labute approximate surface area is 216 Å². The van der Waals surface area contributed by atoms with Gasteiger partial charge in [-0.3, -0.25) is 9.59 Å². The first-order chi connectivity index (χ1) is 18.1. The highest BCUT2D eigenvalue weighted by Crippen LogP contribution is 2.40. The molecule has 3 aromatic rings. The number of hydrogen-bond donors (Lipinski definition) is 2. The zero-order valence-electron chi connectivity index (χ0n) is 20.8. The third-order valence-electron chi connectivity index (χ3n) is 7.37. The topological polar surface area (TPSA) is 85.3 Å². The van der Waals surface area contributed by atoms with Gasteiger partial charge in [-0.2, -0.15) is 0 Å². The molecule has 1 saturated carbocycles. The molecule has 3 atom stereocenters. The lowest BCUT2D eigenvalue weighted by Crippen LogP contribution is -2.45. The van der Waals surface area contributed by atoms with Crippen LogP contribution in [0.15, 0.2) is 67.3 Å². The maximum absolute atomic E-state index is 13.3. The van der Waals surface area contributed by atoms with Crippen LogP contribution in [0.4, 0.5) is 4.39 Å². The minimum absolute atomic E-state index is 0.0816. The van der Waals surface area contributed by atoms with Crippen molar-refractivity contribution in [3.8, 4) is 5.69 Å². The van der Waals surface area contributed by atoms with Crippen molar-refractivity contribution in [1.82, 2.24) is 20.2 Å². The van der Waals surface area contributed by atoms with Crippen LogP contribution in [-0.2, 0) is 9.53 Å². The first-order valence-corrected chi connectivity index (χ1v) is 13.1. The van der Waals surface area contributed by atoms with Crippen molar-refractivity contribution >= 4 is 11.7 Å². The molecule has 194 valence electrons. The second-order valence-electron chi connectivity index (χ2n) is 9.93. The van der Waals surface area contributed by atoms with Gasteiger partial charge in [-0.1, -0.05) is 12.1 Å². The second kappa shape index (κ2) is 11.8. The quantitative estimate of drug-likeness (QED) is 0.385. The van der Waals surface area contributed by atoms with E-state index in [1.807, 2.05) is 35.0 Å². The molecule has 5 rings (SSSR count). The van der Waals surface area contributed by atoms with E-state index in [0.717, 1.165) is 30.6 Å². The van der Waals surface area contributed by atoms with Gasteiger partial charge in [0.05, 0.1) is 12.4 Å². The lowest BCUT2D eigenvalue weighted by Gasteiger charge is -2.26. The Balaban J connectivity index is 1.16. The van der Waals surface area contributed by atoms with Crippen LogP contribution in [0, 0.1) is 11.7 Å². The van der Waals surface area contributed by atoms with Crippen LogP contribution in [0.25, 0.3) is 5.69 Å². The molecule has 2 N–H and O–H groups in total. The fourth-order valence-electron chi connectivity index (χ4n) is 5.08. The molecule has 0 spiro atoms. The average Bonchev–Trinajstić information content (AvgIpc) is 3.49. The van der Waals surface area contributed by atoms with Crippen molar-refractivity contribution in [2.24, 2.45) is 5.92 Å². The largest absolute Gasteiger partial charge is 0.381 e. The van der Waals surface area contributed by atoms with Gasteiger partial charge in [-0.25, -0.2) is 9.37 Å². The monoisotopic (exact) mass is 504 g/mol. The van der Waals surface area contributed by atoms with Gasteiger partial charge < -0.3 is 19.9 Å². The minimum atomic E-state index is -0.530. The van der Waals surface area contributed by atoms with Crippen molar-refractivity contribution in [3.05, 3.63) is 84.2 Å². The van der Waals surface area contributed by atoms with Crippen LogP contribution >= 0.6 is 0 Å². The summed E-state index contributed by atoms with van der Waals surface area (Å²) in [5.41, 5.74) is 2.58. The molecule has 0 unspecified atom stereocenters. The van der Waals surface area contributed by atoms with Crippen LogP contribution in [0.5, 0.6) is 0 Å². The fraction of sp³-hybridized carbons (Fsp3) is 0.414. The summed E-state index contributed by atoms with van der Waals surface area (Å²) in [6.45, 7) is 1.93. The molecule has 37 heavy (non-hydrogen) atoms. The predicted octanol–water partition coefficient (Wildman–Crippen LogP) is 4.03. The lowest BCUT2D eigenvalue weighted by atomic mass is 9.89. The number of imidazole rings is 1. The van der Waals surface area contributed by atoms with Gasteiger partial charge in [0.2, 0.25) is 0 Å². The van der Waals surface area contributed by atoms with E-state index in [9.17, 15) is 14.0 Å². The van der Waals surface area contributed by atoms with Crippen LogP contribution in [0.2, 0.25) is 0 Å². The summed E-state index contributed by atoms with van der Waals surface area (Å²) in [4.78, 5) is 30.5. The van der Waals surface area contributed by atoms with Crippen molar-refractivity contribution < 1.29 is 18.7 Å². The van der Waals surface area contributed by atoms with Crippen molar-refractivity contribution in [2.45, 2.75) is 50.1 Å². The van der Waals surface area contributed by atoms with E-state index >= 15 is 0 Å². The van der Waals surface area contributed by atoms with Crippen molar-refractivity contribution in [3.63, 3.8) is 0 Å². The standard InChI is InChI=1S/C29H33FN4O3/c30-23-7-3-20(4-8-23)25-18-27(25)32-13-1-2-26(28(35)21-11-16-37-17-12-21)33-29(36)22-5-9-24(10-6-22)34-15-14-31-19-34/h3-10,14-15,19,21,25-27,32H,1-2,11-13,16-18H2,(H,33,36)/t25-,26-,27+/m0/s1. The summed E-state index contributed by atoms with van der Waals surface area (Å²) in [6.07, 6.45) is 9.03. The van der Waals surface area contributed by atoms with E-state index in [1.165, 1.54) is 12.1 Å². The molecule has 0 bridgehead atoms. The van der Waals surface area contributed by atoms with Crippen molar-refractivity contribution in [2.75, 3.05) is 19.8 Å². The number of halogens is 1. The van der Waals surface area contributed by atoms with Gasteiger partial charge in [0.1, 0.15) is 5.82 Å². The van der Waals surface area contributed by atoms with E-state index in [-0.39, 0.29) is 23.4 Å². The molecule has 2 aromatic carbocycles. The maximum Gasteiger partial charge on any atom is 0.251 e. The number of Topliss-reactive ketones (excluding diaryl/α,β-unsaturated/α-hetero) is 1. The van der Waals surface area contributed by atoms with Crippen molar-refractivity contribution in [1.29, 1.82) is 0 Å². The number of rotatable bonds is 11. The summed E-state index contributed by atoms with van der Waals surface area (Å²) < 4.78 is 20.5. The second-order valence-corrected chi connectivity index (χ2v) is 9.93. The first kappa shape index (κ1) is 25.3. The smallest absolute Gasteiger partial charge is 0.251 e. The fourth-order valence-corrected chi connectivity index (χ4v) is 5.08. The van der Waals surface area contributed by atoms with Gasteiger partial charge in [-0.05, 0) is 80.6 Å². The molecule has 1 saturated heterocycles. The summed E-state index contributed by atoms with van der Waals surface area (Å²) in [5, 5.41) is 6.57. The summed E-state index contributed by atoms with van der Waals surface area (Å²) >= 11 is 0. The third-order valence-corrected chi connectivity index (χ3v) is 7.37. The van der Waals surface area contributed by atoms with Gasteiger partial charge >= 0.3 is 0 Å². The van der Waals surface area contributed by atoms with Crippen LogP contribution in [0.3, 0.4) is 0 Å². The van der Waals surface area contributed by atoms with Crippen LogP contribution < -0.4 is 10.6 Å². The summed E-state index contributed by atoms with van der Waals surface area (Å²) in [5.74, 6) is -0.0334. The number of aromatic nitrogens is 2. The minimum Gasteiger partial charge on any atom is -0.381 e. The molecule has 1 aromatic heterocycles. The molecule has 2 heterocycles. The number of ketones is 1. The molecular formula is C29H33FN4O3. The number of amides is 1. The molecule has 1 amide bonds. The lowest BCUT2D eigenvalue weighted by molar-refractivity contribution is -0.127. The normalized spacial score (nSPS) is 20.4. The molecule has 0 radical (unpaired) electrons. The zero-order valence-corrected chi connectivity index (χ0v) is 20.8. The number of hydrogen-bond acceptors (Lipinski definition) is 5. The number of carbonyl (C=O) groups excluding carboxylic acids is 2. The molecule has 2 aliphatic rings. The SMILES string of the molecule is O=C(N[C@@H](CCCN[C@@H]1C[C@H]1c1ccc(F)cc1)C(=O)C1CCOCC1)c1ccc(-n2ccnc2)cc1. The summed E-state index contributed by atoms with van der Waals surface area (Å²) in [6, 6.07) is 13.8. The number of nitrogens with one attached hydrogen (secondary N) is 2. The Morgan fingerprint density at radius 2 is 1.84 bits per heavy atom. The average molecular weight is 505 g/mol. The highest BCUT2D eigenvalue weighted by molar-refractivity contribution is 5.98. The van der Waals surface area contributed by atoms with E-state index in [2.05, 4.69) is 15.6 Å².